The number of nitrogens with one attached hydrogen (secondary N) is 2. The molecule has 1 aromatic rings. The molecular formula is C14H22N2OS. The lowest BCUT2D eigenvalue weighted by Gasteiger charge is -2.13. The van der Waals surface area contributed by atoms with Crippen molar-refractivity contribution in [1.29, 1.82) is 0 Å². The van der Waals surface area contributed by atoms with Gasteiger partial charge in [-0.2, -0.15) is 0 Å². The first-order valence-electron chi connectivity index (χ1n) is 6.63. The van der Waals surface area contributed by atoms with Gasteiger partial charge in [-0.3, -0.25) is 4.79 Å². The van der Waals surface area contributed by atoms with Gasteiger partial charge in [0.05, 0.1) is 5.56 Å². The number of amides is 1. The van der Waals surface area contributed by atoms with Crippen molar-refractivity contribution in [3.05, 3.63) is 28.5 Å². The van der Waals surface area contributed by atoms with Crippen LogP contribution in [-0.2, 0) is 0 Å². The van der Waals surface area contributed by atoms with E-state index in [1.807, 2.05) is 6.92 Å². The summed E-state index contributed by atoms with van der Waals surface area (Å²) in [6, 6.07) is 3.73. The standard InChI is InChI=1S/C14H22N2OS/c1-3-4-5-6-8-11(2)16-13(17)12-9-7-10-15-14(12)18/h7,9-11H,3-6,8H2,1-2H3,(H,15,18)(H,16,17)/t11-/m1/s1. The lowest BCUT2D eigenvalue weighted by Crippen LogP contribution is -2.32. The molecule has 1 amide bonds. The van der Waals surface area contributed by atoms with E-state index >= 15 is 0 Å². The summed E-state index contributed by atoms with van der Waals surface area (Å²) in [6.07, 6.45) is 7.66. The first kappa shape index (κ1) is 14.9. The van der Waals surface area contributed by atoms with Crippen LogP contribution >= 0.6 is 12.2 Å². The van der Waals surface area contributed by atoms with E-state index in [1.54, 1.807) is 18.3 Å². The highest BCUT2D eigenvalue weighted by Crippen LogP contribution is 2.06. The summed E-state index contributed by atoms with van der Waals surface area (Å²) in [5.41, 5.74) is 0.549. The number of rotatable bonds is 7. The van der Waals surface area contributed by atoms with Gasteiger partial charge in [0.15, 0.2) is 0 Å². The lowest BCUT2D eigenvalue weighted by molar-refractivity contribution is 0.0937. The number of carbonyl (C=O) groups is 1. The molecule has 1 aromatic heterocycles. The zero-order valence-corrected chi connectivity index (χ0v) is 12.0. The van der Waals surface area contributed by atoms with E-state index in [0.717, 1.165) is 12.8 Å². The van der Waals surface area contributed by atoms with Crippen LogP contribution in [0.3, 0.4) is 0 Å². The SMILES string of the molecule is CCCCCC[C@@H](C)NC(=O)c1ccc[nH]c1=S. The van der Waals surface area contributed by atoms with Gasteiger partial charge in [-0.1, -0.05) is 44.8 Å². The number of hydrogen-bond donors (Lipinski definition) is 2. The second-order valence-corrected chi connectivity index (χ2v) is 5.05. The maximum atomic E-state index is 12.0. The van der Waals surface area contributed by atoms with Crippen molar-refractivity contribution in [2.75, 3.05) is 0 Å². The number of pyridine rings is 1. The smallest absolute Gasteiger partial charge is 0.254 e. The van der Waals surface area contributed by atoms with Crippen LogP contribution in [0.5, 0.6) is 0 Å². The Labute approximate surface area is 114 Å². The Hall–Kier alpha value is -1.16. The molecule has 0 radical (unpaired) electrons. The van der Waals surface area contributed by atoms with Gasteiger partial charge in [0.1, 0.15) is 4.64 Å². The average Bonchev–Trinajstić information content (AvgIpc) is 2.35. The average molecular weight is 266 g/mol. The molecule has 18 heavy (non-hydrogen) atoms. The summed E-state index contributed by atoms with van der Waals surface area (Å²) < 4.78 is 0.494. The molecule has 2 N–H and O–H groups in total. The largest absolute Gasteiger partial charge is 0.352 e. The number of aromatic amines is 1. The Balaban J connectivity index is 2.40. The quantitative estimate of drug-likeness (QED) is 0.582. The minimum absolute atomic E-state index is 0.0835. The van der Waals surface area contributed by atoms with Gasteiger partial charge in [0, 0.05) is 12.2 Å². The highest BCUT2D eigenvalue weighted by atomic mass is 32.1. The highest BCUT2D eigenvalue weighted by Gasteiger charge is 2.10. The van der Waals surface area contributed by atoms with Crippen LogP contribution in [0, 0.1) is 4.64 Å². The van der Waals surface area contributed by atoms with Crippen LogP contribution in [0.4, 0.5) is 0 Å². The molecule has 0 unspecified atom stereocenters. The van der Waals surface area contributed by atoms with E-state index < -0.39 is 0 Å². The molecule has 0 saturated carbocycles. The van der Waals surface area contributed by atoms with Crippen molar-refractivity contribution >= 4 is 18.1 Å². The molecule has 0 aliphatic carbocycles. The number of H-pyrrole nitrogens is 1. The van der Waals surface area contributed by atoms with Gasteiger partial charge in [-0.25, -0.2) is 0 Å². The Morgan fingerprint density at radius 2 is 2.22 bits per heavy atom. The van der Waals surface area contributed by atoms with E-state index in [-0.39, 0.29) is 11.9 Å². The number of aromatic nitrogens is 1. The molecule has 3 nitrogen and oxygen atoms in total. The molecule has 0 aliphatic rings. The van der Waals surface area contributed by atoms with Crippen LogP contribution in [0.15, 0.2) is 18.3 Å². The third kappa shape index (κ3) is 5.00. The Bertz CT molecular complexity index is 428. The second-order valence-electron chi connectivity index (χ2n) is 4.64. The molecule has 0 aliphatic heterocycles. The van der Waals surface area contributed by atoms with E-state index in [9.17, 15) is 4.79 Å². The third-order valence-electron chi connectivity index (χ3n) is 2.93. The molecule has 100 valence electrons. The zero-order chi connectivity index (χ0) is 13.4. The first-order valence-corrected chi connectivity index (χ1v) is 7.04. The molecule has 0 aromatic carbocycles. The summed E-state index contributed by atoms with van der Waals surface area (Å²) in [4.78, 5) is 14.8. The van der Waals surface area contributed by atoms with Crippen LogP contribution in [0.25, 0.3) is 0 Å². The summed E-state index contributed by atoms with van der Waals surface area (Å²) in [5, 5.41) is 2.99. The molecule has 0 fully saturated rings. The summed E-state index contributed by atoms with van der Waals surface area (Å²) in [7, 11) is 0. The van der Waals surface area contributed by atoms with E-state index in [2.05, 4.69) is 17.2 Å². The molecule has 1 heterocycles. The van der Waals surface area contributed by atoms with Gasteiger partial charge in [0.25, 0.3) is 5.91 Å². The van der Waals surface area contributed by atoms with Crippen LogP contribution in [-0.4, -0.2) is 16.9 Å². The maximum absolute atomic E-state index is 12.0. The molecular weight excluding hydrogens is 244 g/mol. The minimum atomic E-state index is -0.0835. The fraction of sp³-hybridized carbons (Fsp3) is 0.571. The van der Waals surface area contributed by atoms with E-state index in [1.165, 1.54) is 19.3 Å². The maximum Gasteiger partial charge on any atom is 0.254 e. The van der Waals surface area contributed by atoms with Gasteiger partial charge < -0.3 is 10.3 Å². The minimum Gasteiger partial charge on any atom is -0.352 e. The van der Waals surface area contributed by atoms with E-state index in [0.29, 0.717) is 10.2 Å². The first-order chi connectivity index (χ1) is 8.65. The van der Waals surface area contributed by atoms with Gasteiger partial charge in [0.2, 0.25) is 0 Å². The van der Waals surface area contributed by atoms with Crippen LogP contribution in [0.2, 0.25) is 0 Å². The molecule has 1 rings (SSSR count). The van der Waals surface area contributed by atoms with Crippen molar-refractivity contribution in [2.24, 2.45) is 0 Å². The third-order valence-corrected chi connectivity index (χ3v) is 3.27. The fourth-order valence-corrected chi connectivity index (χ4v) is 2.08. The lowest BCUT2D eigenvalue weighted by atomic mass is 10.1. The zero-order valence-electron chi connectivity index (χ0n) is 11.2. The van der Waals surface area contributed by atoms with Gasteiger partial charge in [-0.05, 0) is 25.5 Å². The normalized spacial score (nSPS) is 12.1. The monoisotopic (exact) mass is 266 g/mol. The van der Waals surface area contributed by atoms with Crippen molar-refractivity contribution in [2.45, 2.75) is 52.0 Å². The summed E-state index contributed by atoms with van der Waals surface area (Å²) in [5.74, 6) is -0.0835. The highest BCUT2D eigenvalue weighted by molar-refractivity contribution is 7.71. The number of hydrogen-bond acceptors (Lipinski definition) is 2. The van der Waals surface area contributed by atoms with E-state index in [4.69, 9.17) is 12.2 Å². The molecule has 0 bridgehead atoms. The van der Waals surface area contributed by atoms with Gasteiger partial charge >= 0.3 is 0 Å². The fourth-order valence-electron chi connectivity index (χ4n) is 1.85. The number of carbonyl (C=O) groups excluding carboxylic acids is 1. The Kier molecular flexibility index (Phi) is 6.65. The molecule has 1 atom stereocenters. The topological polar surface area (TPSA) is 44.9 Å². The van der Waals surface area contributed by atoms with Gasteiger partial charge in [-0.15, -0.1) is 0 Å². The molecule has 0 saturated heterocycles. The molecule has 4 heteroatoms. The molecule has 0 spiro atoms. The van der Waals surface area contributed by atoms with Crippen LogP contribution in [0.1, 0.15) is 56.3 Å². The van der Waals surface area contributed by atoms with Crippen molar-refractivity contribution in [3.8, 4) is 0 Å². The predicted molar refractivity (Wildman–Crippen MR) is 77.3 cm³/mol. The van der Waals surface area contributed by atoms with Crippen molar-refractivity contribution in [1.82, 2.24) is 10.3 Å². The van der Waals surface area contributed by atoms with Crippen molar-refractivity contribution < 1.29 is 4.79 Å². The Morgan fingerprint density at radius 1 is 1.44 bits per heavy atom. The summed E-state index contributed by atoms with van der Waals surface area (Å²) in [6.45, 7) is 4.24. The Morgan fingerprint density at radius 3 is 2.89 bits per heavy atom. The summed E-state index contributed by atoms with van der Waals surface area (Å²) >= 11 is 5.09. The predicted octanol–water partition coefficient (Wildman–Crippen LogP) is 3.83. The van der Waals surface area contributed by atoms with Crippen molar-refractivity contribution in [3.63, 3.8) is 0 Å². The number of unbranched alkanes of at least 4 members (excludes halogenated alkanes) is 3. The second kappa shape index (κ2) is 8.03. The van der Waals surface area contributed by atoms with Crippen LogP contribution < -0.4 is 5.32 Å².